The second-order valence-corrected chi connectivity index (χ2v) is 8.11. The summed E-state index contributed by atoms with van der Waals surface area (Å²) in [4.78, 5) is 41.6. The zero-order valence-corrected chi connectivity index (χ0v) is 18.7. The molecule has 1 N–H and O–H groups in total. The van der Waals surface area contributed by atoms with Crippen molar-refractivity contribution in [2.24, 2.45) is 0 Å². The molecule has 1 aromatic heterocycles. The van der Waals surface area contributed by atoms with Gasteiger partial charge in [0.15, 0.2) is 11.9 Å². The summed E-state index contributed by atoms with van der Waals surface area (Å²) in [6.07, 6.45) is -3.65. The van der Waals surface area contributed by atoms with E-state index in [9.17, 15) is 27.6 Å². The van der Waals surface area contributed by atoms with Crippen molar-refractivity contribution < 1.29 is 32.3 Å². The van der Waals surface area contributed by atoms with Crippen LogP contribution in [0.15, 0.2) is 48.7 Å². The van der Waals surface area contributed by atoms with E-state index in [1.807, 2.05) is 30.3 Å². The predicted molar refractivity (Wildman–Crippen MR) is 117 cm³/mol. The molecule has 0 bridgehead atoms. The third-order valence-corrected chi connectivity index (χ3v) is 5.60. The quantitative estimate of drug-likeness (QED) is 0.559. The Morgan fingerprint density at radius 2 is 1.94 bits per heavy atom. The maximum absolute atomic E-state index is 13.1. The highest BCUT2D eigenvalue weighted by atomic mass is 19.4. The standard InChI is InChI=1S/C24H26F3N3O4/c1-16(21(31)8-7-17-5-3-2-4-6-17)34-22(32)18-9-12-29-19(13-18)15-30(20-10-11-28-14-20)23(33)24(25,26)27/h2-6,9,12-13,16,20,28H,7-8,10-11,14-15H2,1H3/t16?,20-/m1/s1. The van der Waals surface area contributed by atoms with Crippen LogP contribution in [0.4, 0.5) is 13.2 Å². The van der Waals surface area contributed by atoms with E-state index in [-0.39, 0.29) is 30.0 Å². The van der Waals surface area contributed by atoms with Crippen molar-refractivity contribution in [2.45, 2.75) is 51.1 Å². The van der Waals surface area contributed by atoms with Crippen LogP contribution in [0.25, 0.3) is 0 Å². The molecule has 1 fully saturated rings. The van der Waals surface area contributed by atoms with Crippen LogP contribution in [0.2, 0.25) is 0 Å². The number of rotatable bonds is 9. The Labute approximate surface area is 195 Å². The first kappa shape index (κ1) is 25.4. The van der Waals surface area contributed by atoms with Crippen LogP contribution in [0.1, 0.15) is 41.4 Å². The summed E-state index contributed by atoms with van der Waals surface area (Å²) in [6, 6.07) is 11.4. The van der Waals surface area contributed by atoms with Gasteiger partial charge < -0.3 is 15.0 Å². The number of ether oxygens (including phenoxy) is 1. The summed E-state index contributed by atoms with van der Waals surface area (Å²) in [6.45, 7) is 1.82. The molecule has 1 amide bonds. The van der Waals surface area contributed by atoms with E-state index in [0.717, 1.165) is 10.5 Å². The van der Waals surface area contributed by atoms with Crippen molar-refractivity contribution in [1.29, 1.82) is 0 Å². The molecule has 1 saturated heterocycles. The van der Waals surface area contributed by atoms with Gasteiger partial charge in [-0.25, -0.2) is 4.79 Å². The van der Waals surface area contributed by atoms with Crippen molar-refractivity contribution >= 4 is 17.7 Å². The molecule has 1 aromatic carbocycles. The van der Waals surface area contributed by atoms with Gasteiger partial charge in [-0.1, -0.05) is 30.3 Å². The molecular weight excluding hydrogens is 451 g/mol. The average Bonchev–Trinajstić information content (AvgIpc) is 3.35. The Balaban J connectivity index is 1.63. The summed E-state index contributed by atoms with van der Waals surface area (Å²) < 4.78 is 44.6. The Morgan fingerprint density at radius 3 is 2.59 bits per heavy atom. The lowest BCUT2D eigenvalue weighted by Crippen LogP contribution is -2.47. The summed E-state index contributed by atoms with van der Waals surface area (Å²) in [5.74, 6) is -2.99. The molecule has 2 aromatic rings. The van der Waals surface area contributed by atoms with Crippen LogP contribution < -0.4 is 5.32 Å². The minimum atomic E-state index is -5.02. The third-order valence-electron chi connectivity index (χ3n) is 5.60. The Bertz CT molecular complexity index is 1010. The zero-order chi connectivity index (χ0) is 24.7. The van der Waals surface area contributed by atoms with E-state index >= 15 is 0 Å². The van der Waals surface area contributed by atoms with E-state index in [1.165, 1.54) is 25.3 Å². The molecule has 2 atom stereocenters. The summed E-state index contributed by atoms with van der Waals surface area (Å²) in [5.41, 5.74) is 1.14. The van der Waals surface area contributed by atoms with Gasteiger partial charge in [0.25, 0.3) is 0 Å². The van der Waals surface area contributed by atoms with E-state index in [1.54, 1.807) is 0 Å². The Hall–Kier alpha value is -3.27. The maximum atomic E-state index is 13.1. The monoisotopic (exact) mass is 477 g/mol. The lowest BCUT2D eigenvalue weighted by atomic mass is 10.1. The average molecular weight is 477 g/mol. The van der Waals surface area contributed by atoms with Gasteiger partial charge in [-0.2, -0.15) is 13.2 Å². The summed E-state index contributed by atoms with van der Waals surface area (Å²) >= 11 is 0. The fourth-order valence-electron chi connectivity index (χ4n) is 3.71. The smallest absolute Gasteiger partial charge is 0.451 e. The summed E-state index contributed by atoms with van der Waals surface area (Å²) in [7, 11) is 0. The maximum Gasteiger partial charge on any atom is 0.471 e. The molecule has 10 heteroatoms. The SMILES string of the molecule is CC(OC(=O)c1ccnc(CN(C(=O)C(F)(F)F)[C@@H]2CCNC2)c1)C(=O)CCc1ccccc1. The molecule has 2 heterocycles. The number of esters is 1. The third kappa shape index (κ3) is 6.86. The van der Waals surface area contributed by atoms with Gasteiger partial charge in [-0.3, -0.25) is 14.6 Å². The molecule has 3 rings (SSSR count). The van der Waals surface area contributed by atoms with Gasteiger partial charge in [0.1, 0.15) is 0 Å². The second-order valence-electron chi connectivity index (χ2n) is 8.11. The van der Waals surface area contributed by atoms with Crippen molar-refractivity contribution in [3.63, 3.8) is 0 Å². The molecule has 0 radical (unpaired) electrons. The molecule has 34 heavy (non-hydrogen) atoms. The highest BCUT2D eigenvalue weighted by Crippen LogP contribution is 2.24. The van der Waals surface area contributed by atoms with Crippen molar-refractivity contribution in [3.8, 4) is 0 Å². The number of hydrogen-bond donors (Lipinski definition) is 1. The largest absolute Gasteiger partial charge is 0.471 e. The van der Waals surface area contributed by atoms with Gasteiger partial charge in [0, 0.05) is 25.2 Å². The fraction of sp³-hybridized carbons (Fsp3) is 0.417. The number of ketones is 1. The number of carbonyl (C=O) groups is 3. The predicted octanol–water partition coefficient (Wildman–Crippen LogP) is 3.08. The van der Waals surface area contributed by atoms with E-state index in [4.69, 9.17) is 4.74 Å². The molecule has 7 nitrogen and oxygen atoms in total. The van der Waals surface area contributed by atoms with Crippen molar-refractivity contribution in [2.75, 3.05) is 13.1 Å². The first-order valence-electron chi connectivity index (χ1n) is 11.0. The normalized spacial score (nSPS) is 16.6. The topological polar surface area (TPSA) is 88.6 Å². The number of amides is 1. The number of hydrogen-bond acceptors (Lipinski definition) is 6. The molecule has 1 aliphatic rings. The van der Waals surface area contributed by atoms with Crippen LogP contribution in [-0.2, 0) is 27.3 Å². The molecule has 0 aliphatic carbocycles. The van der Waals surface area contributed by atoms with Gasteiger partial charge >= 0.3 is 18.1 Å². The Morgan fingerprint density at radius 1 is 1.21 bits per heavy atom. The molecule has 0 spiro atoms. The number of carbonyl (C=O) groups excluding carboxylic acids is 3. The first-order valence-corrected chi connectivity index (χ1v) is 11.0. The lowest BCUT2D eigenvalue weighted by Gasteiger charge is -2.29. The van der Waals surface area contributed by atoms with Crippen LogP contribution in [-0.4, -0.2) is 59.0 Å². The summed E-state index contributed by atoms with van der Waals surface area (Å²) in [5, 5.41) is 2.94. The van der Waals surface area contributed by atoms with Crippen LogP contribution in [0.3, 0.4) is 0 Å². The number of Topliss-reactive ketones (excluding diaryl/α,β-unsaturated/α-hetero) is 1. The molecule has 1 unspecified atom stereocenters. The number of aromatic nitrogens is 1. The minimum Gasteiger partial charge on any atom is -0.451 e. The number of alkyl halides is 3. The first-order chi connectivity index (χ1) is 16.1. The van der Waals surface area contributed by atoms with Crippen LogP contribution >= 0.6 is 0 Å². The van der Waals surface area contributed by atoms with Gasteiger partial charge in [-0.05, 0) is 44.0 Å². The molecular formula is C24H26F3N3O4. The number of nitrogens with one attached hydrogen (secondary N) is 1. The number of halogens is 3. The van der Waals surface area contributed by atoms with Crippen LogP contribution in [0, 0.1) is 0 Å². The molecule has 1 aliphatic heterocycles. The highest BCUT2D eigenvalue weighted by Gasteiger charge is 2.45. The van der Waals surface area contributed by atoms with Crippen LogP contribution in [0.5, 0.6) is 0 Å². The van der Waals surface area contributed by atoms with Crippen molar-refractivity contribution in [3.05, 3.63) is 65.5 Å². The zero-order valence-electron chi connectivity index (χ0n) is 18.7. The molecule has 0 saturated carbocycles. The van der Waals surface area contributed by atoms with Gasteiger partial charge in [0.05, 0.1) is 17.8 Å². The van der Waals surface area contributed by atoms with E-state index in [2.05, 4.69) is 10.3 Å². The number of benzene rings is 1. The number of pyridine rings is 1. The molecule has 182 valence electrons. The second kappa shape index (κ2) is 11.2. The van der Waals surface area contributed by atoms with Gasteiger partial charge in [0.2, 0.25) is 0 Å². The Kier molecular flexibility index (Phi) is 8.38. The van der Waals surface area contributed by atoms with Crippen molar-refractivity contribution in [1.82, 2.24) is 15.2 Å². The minimum absolute atomic E-state index is 0.0386. The lowest BCUT2D eigenvalue weighted by molar-refractivity contribution is -0.188. The van der Waals surface area contributed by atoms with E-state index < -0.39 is 36.7 Å². The highest BCUT2D eigenvalue weighted by molar-refractivity contribution is 5.92. The van der Waals surface area contributed by atoms with Gasteiger partial charge in [-0.15, -0.1) is 0 Å². The number of aryl methyl sites for hydroxylation is 1. The number of nitrogens with zero attached hydrogens (tertiary/aromatic N) is 2. The van der Waals surface area contributed by atoms with E-state index in [0.29, 0.717) is 19.4 Å². The fourth-order valence-corrected chi connectivity index (χ4v) is 3.71.